The van der Waals surface area contributed by atoms with Crippen molar-refractivity contribution in [2.24, 2.45) is 5.92 Å². The summed E-state index contributed by atoms with van der Waals surface area (Å²) < 4.78 is 11.7. The van der Waals surface area contributed by atoms with Crippen LogP contribution in [0, 0.1) is 5.92 Å². The van der Waals surface area contributed by atoms with Crippen molar-refractivity contribution in [2.75, 3.05) is 33.4 Å². The van der Waals surface area contributed by atoms with Gasteiger partial charge in [0, 0.05) is 13.1 Å². The Morgan fingerprint density at radius 2 is 1.97 bits per heavy atom. The van der Waals surface area contributed by atoms with Gasteiger partial charge in [-0.15, -0.1) is 11.8 Å². The molecule has 1 aromatic rings. The first-order chi connectivity index (χ1) is 16.4. The molecule has 2 unspecified atom stereocenters. The van der Waals surface area contributed by atoms with E-state index in [1.165, 1.54) is 21.2 Å². The molecule has 3 heterocycles. The number of amides is 4. The highest BCUT2D eigenvalue weighted by Gasteiger charge is 2.49. The van der Waals surface area contributed by atoms with Crippen molar-refractivity contribution in [3.8, 4) is 5.75 Å². The van der Waals surface area contributed by atoms with Crippen LogP contribution in [0.5, 0.6) is 5.75 Å². The van der Waals surface area contributed by atoms with E-state index in [1.807, 2.05) is 0 Å². The molecule has 0 N–H and O–H groups in total. The largest absolute Gasteiger partial charge is 0.501 e. The lowest BCUT2D eigenvalue weighted by Crippen LogP contribution is -2.57. The monoisotopic (exact) mass is 486 g/mol. The van der Waals surface area contributed by atoms with Crippen molar-refractivity contribution in [1.29, 1.82) is 0 Å². The van der Waals surface area contributed by atoms with E-state index >= 15 is 0 Å². The number of carbonyl (C=O) groups is 4. The fraction of sp³-hybridized carbons (Fsp3) is 0.458. The predicted octanol–water partition coefficient (Wildman–Crippen LogP) is 2.04. The molecule has 3 aliphatic rings. The van der Waals surface area contributed by atoms with Crippen molar-refractivity contribution < 1.29 is 33.2 Å². The van der Waals surface area contributed by atoms with E-state index in [1.54, 1.807) is 54.7 Å². The minimum Gasteiger partial charge on any atom is -0.497 e. The zero-order valence-corrected chi connectivity index (χ0v) is 20.1. The molecular formula is C24H28N3O6S+. The molecule has 0 aliphatic carbocycles. The lowest BCUT2D eigenvalue weighted by molar-refractivity contribution is -0.428. The average Bonchev–Trinajstić information content (AvgIpc) is 3.35. The Morgan fingerprint density at radius 1 is 1.21 bits per heavy atom. The van der Waals surface area contributed by atoms with Crippen molar-refractivity contribution in [3.05, 3.63) is 41.3 Å². The lowest BCUT2D eigenvalue weighted by Gasteiger charge is -2.32. The molecule has 2 atom stereocenters. The third-order valence-electron chi connectivity index (χ3n) is 6.17. The molecule has 9 nitrogen and oxygen atoms in total. The number of urea groups is 1. The van der Waals surface area contributed by atoms with Crippen LogP contribution in [0.15, 0.2) is 35.7 Å². The first-order valence-corrected chi connectivity index (χ1v) is 12.3. The smallest absolute Gasteiger partial charge is 0.497 e. The van der Waals surface area contributed by atoms with Crippen LogP contribution >= 0.6 is 11.8 Å². The lowest BCUT2D eigenvalue weighted by atomic mass is 9.98. The van der Waals surface area contributed by atoms with Crippen LogP contribution in [0.3, 0.4) is 0 Å². The number of thioether (sulfide) groups is 1. The van der Waals surface area contributed by atoms with Crippen molar-refractivity contribution in [3.63, 3.8) is 0 Å². The molecule has 0 bridgehead atoms. The molecule has 3 aliphatic heterocycles. The van der Waals surface area contributed by atoms with Gasteiger partial charge in [-0.2, -0.15) is 14.3 Å². The van der Waals surface area contributed by atoms with Gasteiger partial charge in [-0.3, -0.25) is 9.59 Å². The van der Waals surface area contributed by atoms with E-state index in [9.17, 15) is 19.2 Å². The molecule has 4 amide bonds. The van der Waals surface area contributed by atoms with E-state index in [0.29, 0.717) is 37.5 Å². The van der Waals surface area contributed by atoms with Gasteiger partial charge in [0.2, 0.25) is 0 Å². The first kappa shape index (κ1) is 24.0. The van der Waals surface area contributed by atoms with Crippen LogP contribution in [-0.4, -0.2) is 82.5 Å². The minimum absolute atomic E-state index is 0.103. The molecule has 10 heteroatoms. The van der Waals surface area contributed by atoms with Gasteiger partial charge in [-0.25, -0.2) is 4.79 Å². The van der Waals surface area contributed by atoms with E-state index in [2.05, 4.69) is 0 Å². The molecule has 4 rings (SSSR count). The van der Waals surface area contributed by atoms with Crippen molar-refractivity contribution in [2.45, 2.75) is 31.6 Å². The Bertz CT molecular complexity index is 1050. The molecule has 34 heavy (non-hydrogen) atoms. The molecule has 0 aromatic heterocycles. The quantitative estimate of drug-likeness (QED) is 0.430. The number of hydrogen-bond acceptors (Lipinski definition) is 7. The summed E-state index contributed by atoms with van der Waals surface area (Å²) in [4.78, 5) is 54.6. The van der Waals surface area contributed by atoms with Crippen LogP contribution < -0.4 is 4.74 Å². The maximum absolute atomic E-state index is 13.4. The van der Waals surface area contributed by atoms with E-state index in [0.717, 1.165) is 5.56 Å². The molecular weight excluding hydrogens is 458 g/mol. The molecule has 0 spiro atoms. The maximum Gasteiger partial charge on any atom is 0.501 e. The number of hydrogen-bond donors (Lipinski definition) is 0. The number of allylic oxidation sites excluding steroid dienone is 1. The number of ether oxygens (including phenoxy) is 2. The molecule has 0 radical (unpaired) electrons. The fourth-order valence-electron chi connectivity index (χ4n) is 4.36. The highest BCUT2D eigenvalue weighted by molar-refractivity contribution is 8.04. The number of fused-ring (bicyclic) bond motifs is 1. The second-order valence-corrected chi connectivity index (χ2v) is 9.33. The molecule has 1 fully saturated rings. The number of piperidine rings is 1. The molecule has 1 saturated heterocycles. The summed E-state index contributed by atoms with van der Waals surface area (Å²) in [7, 11) is 1.57. The summed E-state index contributed by atoms with van der Waals surface area (Å²) in [6.07, 6.45) is 3.09. The number of imide groups is 1. The van der Waals surface area contributed by atoms with Gasteiger partial charge in [0.05, 0.1) is 19.6 Å². The molecule has 0 saturated carbocycles. The number of nitrogens with zero attached hydrogens (tertiary/aromatic N) is 3. The summed E-state index contributed by atoms with van der Waals surface area (Å²) in [5, 5.41) is 1.22. The Balaban J connectivity index is 1.51. The van der Waals surface area contributed by atoms with Gasteiger partial charge in [-0.1, -0.05) is 12.1 Å². The van der Waals surface area contributed by atoms with Crippen LogP contribution in [-0.2, 0) is 25.7 Å². The van der Waals surface area contributed by atoms with Crippen LogP contribution in [0.25, 0.3) is 0 Å². The van der Waals surface area contributed by atoms with Crippen molar-refractivity contribution in [1.82, 2.24) is 9.80 Å². The van der Waals surface area contributed by atoms with Gasteiger partial charge in [0.25, 0.3) is 5.91 Å². The highest BCUT2D eigenvalue weighted by atomic mass is 32.2. The minimum atomic E-state index is -0.558. The summed E-state index contributed by atoms with van der Waals surface area (Å²) in [5.74, 6) is -0.520. The van der Waals surface area contributed by atoms with Gasteiger partial charge >= 0.3 is 17.9 Å². The zero-order valence-electron chi connectivity index (χ0n) is 19.3. The summed E-state index contributed by atoms with van der Waals surface area (Å²) >= 11 is 1.32. The van der Waals surface area contributed by atoms with Gasteiger partial charge < -0.3 is 14.4 Å². The average molecular weight is 487 g/mol. The molecule has 1 aromatic carbocycles. The number of benzene rings is 1. The van der Waals surface area contributed by atoms with Crippen molar-refractivity contribution >= 4 is 41.3 Å². The number of rotatable bonds is 7. The Hall–Kier alpha value is -3.14. The summed E-state index contributed by atoms with van der Waals surface area (Å²) in [6, 6.07) is 6.63. The maximum atomic E-state index is 13.4. The van der Waals surface area contributed by atoms with Gasteiger partial charge in [0.1, 0.15) is 18.0 Å². The second-order valence-electron chi connectivity index (χ2n) is 8.32. The van der Waals surface area contributed by atoms with E-state index in [4.69, 9.17) is 9.47 Å². The van der Waals surface area contributed by atoms with E-state index in [-0.39, 0.29) is 43.3 Å². The van der Waals surface area contributed by atoms with Crippen LogP contribution in [0.1, 0.15) is 25.3 Å². The predicted molar refractivity (Wildman–Crippen MR) is 126 cm³/mol. The molecule has 180 valence electrons. The summed E-state index contributed by atoms with van der Waals surface area (Å²) in [5.41, 5.74) is 1.31. The number of esters is 1. The van der Waals surface area contributed by atoms with Crippen LogP contribution in [0.2, 0.25) is 0 Å². The van der Waals surface area contributed by atoms with Crippen LogP contribution in [0.4, 0.5) is 4.79 Å². The zero-order chi connectivity index (χ0) is 24.2. The third kappa shape index (κ3) is 4.86. The first-order valence-electron chi connectivity index (χ1n) is 11.3. The SMILES string of the molecule is CCOC(=O)C1CCCN(C(=O)C[N+]2=C3C=CSC3C(=O)N(Cc3ccc(OC)cc3)C2=O)C1. The van der Waals surface area contributed by atoms with Gasteiger partial charge in [0.15, 0.2) is 11.8 Å². The third-order valence-corrected chi connectivity index (χ3v) is 7.18. The fourth-order valence-corrected chi connectivity index (χ4v) is 5.33. The number of likely N-dealkylation sites (tertiary alicyclic amines) is 1. The Morgan fingerprint density at radius 3 is 2.68 bits per heavy atom. The Labute approximate surface area is 202 Å². The number of methoxy groups -OCH3 is 1. The normalized spacial score (nSPS) is 22.2. The van der Waals surface area contributed by atoms with Gasteiger partial charge in [-0.05, 0) is 48.9 Å². The topological polar surface area (TPSA) is 96.2 Å². The Kier molecular flexibility index (Phi) is 7.35. The summed E-state index contributed by atoms with van der Waals surface area (Å²) in [6.45, 7) is 2.77. The highest BCUT2D eigenvalue weighted by Crippen LogP contribution is 2.29. The second kappa shape index (κ2) is 10.4. The standard InChI is InChI=1S/C24H28N3O6S/c1-3-33-23(30)17-5-4-11-25(14-17)20(28)15-26-19-10-12-34-21(19)22(29)27(24(26)31)13-16-6-8-18(32-2)9-7-16/h6-10,12,17,21H,3-5,11,13-15H2,1-2H3/q+1. The number of carbonyl (C=O) groups excluding carboxylic acids is 4. The van der Waals surface area contributed by atoms with E-state index < -0.39 is 11.3 Å².